The van der Waals surface area contributed by atoms with Crippen LogP contribution in [0.25, 0.3) is 0 Å². The van der Waals surface area contributed by atoms with Gasteiger partial charge < -0.3 is 0 Å². The van der Waals surface area contributed by atoms with E-state index in [2.05, 4.69) is 32.2 Å². The summed E-state index contributed by atoms with van der Waals surface area (Å²) in [4.78, 5) is 0. The van der Waals surface area contributed by atoms with E-state index in [0.29, 0.717) is 0 Å². The Hall–Kier alpha value is -0.0100. The SMILES string of the molecule is CCCC(C)(CC)c1ccsc1Cl. The van der Waals surface area contributed by atoms with Crippen LogP contribution in [0.3, 0.4) is 0 Å². The van der Waals surface area contributed by atoms with Gasteiger partial charge in [-0.1, -0.05) is 38.8 Å². The lowest BCUT2D eigenvalue weighted by Crippen LogP contribution is -2.19. The Morgan fingerprint density at radius 2 is 2.15 bits per heavy atom. The molecule has 0 radical (unpaired) electrons. The average Bonchev–Trinajstić information content (AvgIpc) is 2.52. The Labute approximate surface area is 89.9 Å². The second-order valence-corrected chi connectivity index (χ2v) is 5.29. The fraction of sp³-hybridized carbons (Fsp3) is 0.636. The monoisotopic (exact) mass is 216 g/mol. The molecule has 0 nitrogen and oxygen atoms in total. The molecule has 0 bridgehead atoms. The summed E-state index contributed by atoms with van der Waals surface area (Å²) < 4.78 is 0.970. The van der Waals surface area contributed by atoms with E-state index in [1.54, 1.807) is 11.3 Å². The van der Waals surface area contributed by atoms with Crippen LogP contribution in [-0.4, -0.2) is 0 Å². The highest BCUT2D eigenvalue weighted by Gasteiger charge is 2.26. The number of thiophene rings is 1. The van der Waals surface area contributed by atoms with Crippen molar-refractivity contribution in [3.8, 4) is 0 Å². The third-order valence-corrected chi connectivity index (χ3v) is 4.02. The minimum Gasteiger partial charge on any atom is -0.132 e. The van der Waals surface area contributed by atoms with Crippen molar-refractivity contribution in [3.63, 3.8) is 0 Å². The molecule has 0 N–H and O–H groups in total. The summed E-state index contributed by atoms with van der Waals surface area (Å²) in [6.45, 7) is 6.78. The van der Waals surface area contributed by atoms with Gasteiger partial charge in [0.05, 0.1) is 4.34 Å². The van der Waals surface area contributed by atoms with Crippen LogP contribution < -0.4 is 0 Å². The van der Waals surface area contributed by atoms with E-state index in [4.69, 9.17) is 11.6 Å². The summed E-state index contributed by atoms with van der Waals surface area (Å²) in [5.41, 5.74) is 1.62. The standard InChI is InChI=1S/C11H17ClS/c1-4-7-11(3,5-2)9-6-8-13-10(9)12/h6,8H,4-5,7H2,1-3H3. The summed E-state index contributed by atoms with van der Waals surface area (Å²) in [6, 6.07) is 2.17. The second kappa shape index (κ2) is 4.47. The minimum absolute atomic E-state index is 0.284. The third-order valence-electron chi connectivity index (χ3n) is 2.85. The first kappa shape index (κ1) is 11.1. The van der Waals surface area contributed by atoms with Crippen LogP contribution in [0.2, 0.25) is 4.34 Å². The molecule has 74 valence electrons. The molecular formula is C11H17ClS. The predicted molar refractivity (Wildman–Crippen MR) is 61.9 cm³/mol. The van der Waals surface area contributed by atoms with Gasteiger partial charge in [0.15, 0.2) is 0 Å². The van der Waals surface area contributed by atoms with E-state index in [-0.39, 0.29) is 5.41 Å². The van der Waals surface area contributed by atoms with Gasteiger partial charge in [0, 0.05) is 0 Å². The zero-order valence-electron chi connectivity index (χ0n) is 8.56. The van der Waals surface area contributed by atoms with Crippen molar-refractivity contribution in [1.29, 1.82) is 0 Å². The molecule has 13 heavy (non-hydrogen) atoms. The lowest BCUT2D eigenvalue weighted by molar-refractivity contribution is 0.415. The van der Waals surface area contributed by atoms with Crippen molar-refractivity contribution in [3.05, 3.63) is 21.3 Å². The van der Waals surface area contributed by atoms with Crippen molar-refractivity contribution in [2.45, 2.75) is 45.4 Å². The zero-order valence-corrected chi connectivity index (χ0v) is 10.1. The van der Waals surface area contributed by atoms with Gasteiger partial charge in [-0.2, -0.15) is 0 Å². The lowest BCUT2D eigenvalue weighted by Gasteiger charge is -2.27. The predicted octanol–water partition coefficient (Wildman–Crippen LogP) is 4.87. The first-order chi connectivity index (χ1) is 6.14. The molecule has 2 heteroatoms. The summed E-state index contributed by atoms with van der Waals surface area (Å²) in [5.74, 6) is 0. The summed E-state index contributed by atoms with van der Waals surface area (Å²) in [7, 11) is 0. The van der Waals surface area contributed by atoms with Crippen molar-refractivity contribution in [1.82, 2.24) is 0 Å². The molecule has 0 aliphatic carbocycles. The van der Waals surface area contributed by atoms with Crippen LogP contribution >= 0.6 is 22.9 Å². The molecule has 0 fully saturated rings. The molecule has 0 aliphatic rings. The highest BCUT2D eigenvalue weighted by atomic mass is 35.5. The van der Waals surface area contributed by atoms with Crippen LogP contribution in [0.4, 0.5) is 0 Å². The summed E-state index contributed by atoms with van der Waals surface area (Å²) >= 11 is 7.80. The Kier molecular flexibility index (Phi) is 3.81. The van der Waals surface area contributed by atoms with Gasteiger partial charge >= 0.3 is 0 Å². The Morgan fingerprint density at radius 3 is 2.54 bits per heavy atom. The van der Waals surface area contributed by atoms with Gasteiger partial charge in [-0.25, -0.2) is 0 Å². The van der Waals surface area contributed by atoms with Gasteiger partial charge in [-0.05, 0) is 35.3 Å². The van der Waals surface area contributed by atoms with Crippen molar-refractivity contribution in [2.24, 2.45) is 0 Å². The van der Waals surface area contributed by atoms with E-state index >= 15 is 0 Å². The largest absolute Gasteiger partial charge is 0.132 e. The molecule has 1 heterocycles. The first-order valence-electron chi connectivity index (χ1n) is 4.87. The molecule has 0 amide bonds. The van der Waals surface area contributed by atoms with Crippen LogP contribution in [0.15, 0.2) is 11.4 Å². The maximum Gasteiger partial charge on any atom is 0.0965 e. The first-order valence-corrected chi connectivity index (χ1v) is 6.13. The van der Waals surface area contributed by atoms with Crippen LogP contribution in [-0.2, 0) is 5.41 Å². The van der Waals surface area contributed by atoms with Crippen LogP contribution in [0.1, 0.15) is 45.6 Å². The zero-order chi connectivity index (χ0) is 9.90. The molecule has 1 aromatic rings. The smallest absolute Gasteiger partial charge is 0.0965 e. The maximum atomic E-state index is 6.16. The molecule has 1 atom stereocenters. The molecule has 1 unspecified atom stereocenters. The third kappa shape index (κ3) is 2.26. The van der Waals surface area contributed by atoms with Gasteiger partial charge in [0.25, 0.3) is 0 Å². The molecular weight excluding hydrogens is 200 g/mol. The van der Waals surface area contributed by atoms with Gasteiger partial charge in [0.1, 0.15) is 0 Å². The lowest BCUT2D eigenvalue weighted by atomic mass is 9.78. The van der Waals surface area contributed by atoms with Crippen molar-refractivity contribution in [2.75, 3.05) is 0 Å². The molecule has 1 aromatic heterocycles. The summed E-state index contributed by atoms with van der Waals surface area (Å²) in [5, 5.41) is 2.08. The van der Waals surface area contributed by atoms with Gasteiger partial charge in [0.2, 0.25) is 0 Å². The maximum absolute atomic E-state index is 6.16. The number of hydrogen-bond acceptors (Lipinski definition) is 1. The normalized spacial score (nSPS) is 15.7. The second-order valence-electron chi connectivity index (χ2n) is 3.77. The highest BCUT2D eigenvalue weighted by Crippen LogP contribution is 2.39. The van der Waals surface area contributed by atoms with E-state index in [1.165, 1.54) is 18.4 Å². The van der Waals surface area contributed by atoms with Crippen molar-refractivity contribution < 1.29 is 0 Å². The number of halogens is 1. The molecule has 0 saturated heterocycles. The highest BCUT2D eigenvalue weighted by molar-refractivity contribution is 7.14. The fourth-order valence-electron chi connectivity index (χ4n) is 1.78. The Balaban J connectivity index is 2.95. The molecule has 0 spiro atoms. The van der Waals surface area contributed by atoms with E-state index < -0.39 is 0 Å². The molecule has 0 aliphatic heterocycles. The number of rotatable bonds is 4. The van der Waals surface area contributed by atoms with Crippen LogP contribution in [0.5, 0.6) is 0 Å². The summed E-state index contributed by atoms with van der Waals surface area (Å²) in [6.07, 6.45) is 3.60. The topological polar surface area (TPSA) is 0 Å². The van der Waals surface area contributed by atoms with E-state index in [1.807, 2.05) is 0 Å². The quantitative estimate of drug-likeness (QED) is 0.674. The van der Waals surface area contributed by atoms with Crippen LogP contribution in [0, 0.1) is 0 Å². The Morgan fingerprint density at radius 1 is 1.46 bits per heavy atom. The Bertz CT molecular complexity index is 267. The van der Waals surface area contributed by atoms with E-state index in [9.17, 15) is 0 Å². The van der Waals surface area contributed by atoms with E-state index in [0.717, 1.165) is 10.8 Å². The van der Waals surface area contributed by atoms with Gasteiger partial charge in [-0.3, -0.25) is 0 Å². The molecule has 0 saturated carbocycles. The van der Waals surface area contributed by atoms with Crippen molar-refractivity contribution >= 4 is 22.9 Å². The number of hydrogen-bond donors (Lipinski definition) is 0. The minimum atomic E-state index is 0.284. The van der Waals surface area contributed by atoms with Gasteiger partial charge in [-0.15, -0.1) is 11.3 Å². The molecule has 0 aromatic carbocycles. The average molecular weight is 217 g/mol. The molecule has 1 rings (SSSR count). The fourth-order valence-corrected chi connectivity index (χ4v) is 2.99.